The lowest BCUT2D eigenvalue weighted by Crippen LogP contribution is -2.40. The first kappa shape index (κ1) is 18.3. The minimum absolute atomic E-state index is 0.0912. The Kier molecular flexibility index (Phi) is 6.19. The second kappa shape index (κ2) is 8.14. The van der Waals surface area contributed by atoms with E-state index in [1.807, 2.05) is 25.1 Å². The third-order valence-corrected chi connectivity index (χ3v) is 4.63. The van der Waals surface area contributed by atoms with Gasteiger partial charge in [0.2, 0.25) is 0 Å². The molecule has 0 saturated heterocycles. The standard InChI is InChI=1S/C16H25N5O2S/c1-13-20-14-7-4-5-8-15(14)21(13)11-6-9-18-16(17-2)19-10-12-24(3,22)23/h4-5,7-8H,6,9-12H2,1-3H3,(H2,17,18,19). The highest BCUT2D eigenvalue weighted by Gasteiger charge is 2.06. The van der Waals surface area contributed by atoms with Crippen LogP contribution >= 0.6 is 0 Å². The molecule has 0 atom stereocenters. The number of guanidine groups is 1. The molecular formula is C16H25N5O2S. The van der Waals surface area contributed by atoms with Crippen molar-refractivity contribution < 1.29 is 8.42 Å². The van der Waals surface area contributed by atoms with Crippen molar-refractivity contribution in [1.82, 2.24) is 20.2 Å². The maximum absolute atomic E-state index is 11.1. The zero-order chi connectivity index (χ0) is 17.6. The number of benzene rings is 1. The van der Waals surface area contributed by atoms with E-state index in [-0.39, 0.29) is 5.75 Å². The SMILES string of the molecule is CN=C(NCCCn1c(C)nc2ccccc21)NCCS(C)(=O)=O. The minimum atomic E-state index is -2.96. The Hall–Kier alpha value is -2.09. The van der Waals surface area contributed by atoms with E-state index in [2.05, 4.69) is 31.2 Å². The topological polar surface area (TPSA) is 88.4 Å². The highest BCUT2D eigenvalue weighted by atomic mass is 32.2. The quantitative estimate of drug-likeness (QED) is 0.440. The van der Waals surface area contributed by atoms with E-state index >= 15 is 0 Å². The molecule has 0 aliphatic rings. The molecule has 0 aliphatic heterocycles. The van der Waals surface area contributed by atoms with Crippen molar-refractivity contribution in [1.29, 1.82) is 0 Å². The summed E-state index contributed by atoms with van der Waals surface area (Å²) in [5.74, 6) is 1.71. The molecule has 7 nitrogen and oxygen atoms in total. The lowest BCUT2D eigenvalue weighted by molar-refractivity contribution is 0.600. The number of hydrogen-bond donors (Lipinski definition) is 2. The number of rotatable bonds is 7. The van der Waals surface area contributed by atoms with E-state index in [0.29, 0.717) is 12.5 Å². The van der Waals surface area contributed by atoms with E-state index in [1.165, 1.54) is 6.26 Å². The molecule has 132 valence electrons. The number of sulfone groups is 1. The summed E-state index contributed by atoms with van der Waals surface area (Å²) in [5.41, 5.74) is 2.16. The summed E-state index contributed by atoms with van der Waals surface area (Å²) in [4.78, 5) is 8.65. The highest BCUT2D eigenvalue weighted by Crippen LogP contribution is 2.15. The number of aromatic nitrogens is 2. The summed E-state index contributed by atoms with van der Waals surface area (Å²) in [6.07, 6.45) is 2.14. The summed E-state index contributed by atoms with van der Waals surface area (Å²) in [7, 11) is -1.29. The number of nitrogens with one attached hydrogen (secondary N) is 2. The summed E-state index contributed by atoms with van der Waals surface area (Å²) in [6, 6.07) is 8.11. The molecule has 8 heteroatoms. The monoisotopic (exact) mass is 351 g/mol. The minimum Gasteiger partial charge on any atom is -0.356 e. The molecule has 0 radical (unpaired) electrons. The third kappa shape index (κ3) is 5.23. The van der Waals surface area contributed by atoms with Crippen molar-refractivity contribution in [2.45, 2.75) is 19.9 Å². The average molecular weight is 351 g/mol. The smallest absolute Gasteiger partial charge is 0.191 e. The van der Waals surface area contributed by atoms with Crippen molar-refractivity contribution >= 4 is 26.8 Å². The number of para-hydroxylation sites is 2. The largest absolute Gasteiger partial charge is 0.356 e. The van der Waals surface area contributed by atoms with Gasteiger partial charge in [-0.15, -0.1) is 0 Å². The Morgan fingerprint density at radius 3 is 2.67 bits per heavy atom. The fourth-order valence-corrected chi connectivity index (χ4v) is 2.97. The highest BCUT2D eigenvalue weighted by molar-refractivity contribution is 7.90. The van der Waals surface area contributed by atoms with Gasteiger partial charge in [-0.2, -0.15) is 0 Å². The van der Waals surface area contributed by atoms with Gasteiger partial charge in [-0.3, -0.25) is 4.99 Å². The van der Waals surface area contributed by atoms with Crippen LogP contribution in [0.1, 0.15) is 12.2 Å². The molecule has 24 heavy (non-hydrogen) atoms. The molecule has 1 aromatic carbocycles. The summed E-state index contributed by atoms with van der Waals surface area (Å²) >= 11 is 0. The van der Waals surface area contributed by atoms with Crippen molar-refractivity contribution in [2.24, 2.45) is 4.99 Å². The predicted octanol–water partition coefficient (Wildman–Crippen LogP) is 0.944. The molecule has 0 saturated carbocycles. The van der Waals surface area contributed by atoms with Crippen molar-refractivity contribution in [2.75, 3.05) is 32.1 Å². The van der Waals surface area contributed by atoms with Gasteiger partial charge in [-0.25, -0.2) is 13.4 Å². The fraction of sp³-hybridized carbons (Fsp3) is 0.500. The summed E-state index contributed by atoms with van der Waals surface area (Å²) < 4.78 is 24.5. The number of aryl methyl sites for hydroxylation is 2. The number of fused-ring (bicyclic) bond motifs is 1. The Labute approximate surface area is 143 Å². The molecule has 2 rings (SSSR count). The lowest BCUT2D eigenvalue weighted by atomic mass is 10.3. The second-order valence-corrected chi connectivity index (χ2v) is 7.97. The lowest BCUT2D eigenvalue weighted by Gasteiger charge is -2.12. The molecule has 0 aliphatic carbocycles. The second-order valence-electron chi connectivity index (χ2n) is 5.71. The van der Waals surface area contributed by atoms with Crippen molar-refractivity contribution in [3.63, 3.8) is 0 Å². The van der Waals surface area contributed by atoms with Gasteiger partial charge in [0.1, 0.15) is 15.7 Å². The Balaban J connectivity index is 1.80. The van der Waals surface area contributed by atoms with Gasteiger partial charge in [0, 0.05) is 32.9 Å². The van der Waals surface area contributed by atoms with Crippen molar-refractivity contribution in [3.05, 3.63) is 30.1 Å². The molecule has 2 aromatic rings. The summed E-state index contributed by atoms with van der Waals surface area (Å²) in [6.45, 7) is 3.97. The van der Waals surface area contributed by atoms with Gasteiger partial charge < -0.3 is 15.2 Å². The van der Waals surface area contributed by atoms with Crippen LogP contribution in [0.4, 0.5) is 0 Å². The molecule has 1 heterocycles. The predicted molar refractivity (Wildman–Crippen MR) is 98.2 cm³/mol. The average Bonchev–Trinajstić information content (AvgIpc) is 2.84. The zero-order valence-electron chi connectivity index (χ0n) is 14.4. The van der Waals surface area contributed by atoms with Crippen molar-refractivity contribution in [3.8, 4) is 0 Å². The van der Waals surface area contributed by atoms with Gasteiger partial charge in [0.05, 0.1) is 16.8 Å². The van der Waals surface area contributed by atoms with Gasteiger partial charge in [0.25, 0.3) is 0 Å². The number of imidazole rings is 1. The first-order valence-corrected chi connectivity index (χ1v) is 10.0. The molecule has 0 amide bonds. The van der Waals surface area contributed by atoms with Crippen LogP contribution in [-0.4, -0.2) is 56.1 Å². The maximum atomic E-state index is 11.1. The molecule has 2 N–H and O–H groups in total. The Bertz CT molecular complexity index is 811. The fourth-order valence-electron chi connectivity index (χ4n) is 2.50. The van der Waals surface area contributed by atoms with Crippen LogP contribution in [0.15, 0.2) is 29.3 Å². The first-order valence-electron chi connectivity index (χ1n) is 7.95. The maximum Gasteiger partial charge on any atom is 0.191 e. The van der Waals surface area contributed by atoms with Gasteiger partial charge in [0.15, 0.2) is 5.96 Å². The van der Waals surface area contributed by atoms with Crippen LogP contribution in [0, 0.1) is 6.92 Å². The van der Waals surface area contributed by atoms with E-state index < -0.39 is 9.84 Å². The first-order chi connectivity index (χ1) is 11.4. The van der Waals surface area contributed by atoms with E-state index in [0.717, 1.165) is 36.4 Å². The van der Waals surface area contributed by atoms with E-state index in [9.17, 15) is 8.42 Å². The molecular weight excluding hydrogens is 326 g/mol. The van der Waals surface area contributed by atoms with Crippen LogP contribution < -0.4 is 10.6 Å². The van der Waals surface area contributed by atoms with Gasteiger partial charge in [-0.05, 0) is 25.5 Å². The number of aliphatic imine (C=N–C) groups is 1. The molecule has 0 unspecified atom stereocenters. The third-order valence-electron chi connectivity index (χ3n) is 3.69. The molecule has 0 fully saturated rings. The molecule has 1 aromatic heterocycles. The Morgan fingerprint density at radius 1 is 1.25 bits per heavy atom. The number of nitrogens with zero attached hydrogens (tertiary/aromatic N) is 3. The van der Waals surface area contributed by atoms with E-state index in [4.69, 9.17) is 0 Å². The summed E-state index contributed by atoms with van der Waals surface area (Å²) in [5, 5.41) is 6.20. The van der Waals surface area contributed by atoms with E-state index in [1.54, 1.807) is 7.05 Å². The number of hydrogen-bond acceptors (Lipinski definition) is 4. The van der Waals surface area contributed by atoms with Crippen LogP contribution in [0.3, 0.4) is 0 Å². The van der Waals surface area contributed by atoms with Crippen LogP contribution in [0.2, 0.25) is 0 Å². The van der Waals surface area contributed by atoms with Gasteiger partial charge in [-0.1, -0.05) is 12.1 Å². The van der Waals surface area contributed by atoms with Crippen LogP contribution in [0.25, 0.3) is 11.0 Å². The molecule has 0 spiro atoms. The molecule has 0 bridgehead atoms. The zero-order valence-corrected chi connectivity index (χ0v) is 15.2. The van der Waals surface area contributed by atoms with Crippen LogP contribution in [-0.2, 0) is 16.4 Å². The van der Waals surface area contributed by atoms with Gasteiger partial charge >= 0.3 is 0 Å². The normalized spacial score (nSPS) is 12.5. The van der Waals surface area contributed by atoms with Crippen LogP contribution in [0.5, 0.6) is 0 Å². The Morgan fingerprint density at radius 2 is 1.96 bits per heavy atom.